The highest BCUT2D eigenvalue weighted by molar-refractivity contribution is 5.92. The molecule has 0 unspecified atom stereocenters. The molecule has 6 heteroatoms. The van der Waals surface area contributed by atoms with E-state index < -0.39 is 5.60 Å². The average Bonchev–Trinajstić information content (AvgIpc) is 2.69. The molecule has 0 bridgehead atoms. The number of nitrogens with zero attached hydrogens (tertiary/aromatic N) is 2. The van der Waals surface area contributed by atoms with Crippen molar-refractivity contribution in [3.63, 3.8) is 0 Å². The van der Waals surface area contributed by atoms with Gasteiger partial charge < -0.3 is 15.0 Å². The molecule has 0 radical (unpaired) electrons. The molecule has 1 N–H and O–H groups in total. The topological polar surface area (TPSA) is 71.5 Å². The molecule has 1 aliphatic rings. The molecule has 154 valence electrons. The molecule has 2 amide bonds. The smallest absolute Gasteiger partial charge is 0.410 e. The first-order valence-electron chi connectivity index (χ1n) is 10.1. The SMILES string of the molecule is CC(C)(C)OC(=O)N1CCC(C(=O)Nc2ccc(Cc3ccncc3)cc2)CC1. The second-order valence-electron chi connectivity index (χ2n) is 8.46. The molecule has 1 aromatic carbocycles. The summed E-state index contributed by atoms with van der Waals surface area (Å²) < 4.78 is 5.41. The lowest BCUT2D eigenvalue weighted by Gasteiger charge is -2.32. The van der Waals surface area contributed by atoms with E-state index in [1.54, 1.807) is 17.3 Å². The van der Waals surface area contributed by atoms with Gasteiger partial charge in [-0.25, -0.2) is 4.79 Å². The van der Waals surface area contributed by atoms with Crippen LogP contribution >= 0.6 is 0 Å². The summed E-state index contributed by atoms with van der Waals surface area (Å²) in [4.78, 5) is 30.5. The molecule has 29 heavy (non-hydrogen) atoms. The van der Waals surface area contributed by atoms with E-state index in [1.807, 2.05) is 57.2 Å². The average molecular weight is 396 g/mol. The van der Waals surface area contributed by atoms with Gasteiger partial charge in [0, 0.05) is 37.1 Å². The molecule has 6 nitrogen and oxygen atoms in total. The summed E-state index contributed by atoms with van der Waals surface area (Å²) in [6.45, 7) is 6.64. The highest BCUT2D eigenvalue weighted by Gasteiger charge is 2.29. The van der Waals surface area contributed by atoms with E-state index in [4.69, 9.17) is 4.74 Å². The van der Waals surface area contributed by atoms with Crippen LogP contribution in [0.1, 0.15) is 44.7 Å². The van der Waals surface area contributed by atoms with Crippen LogP contribution in [-0.2, 0) is 16.0 Å². The fraction of sp³-hybridized carbons (Fsp3) is 0.435. The fourth-order valence-corrected chi connectivity index (χ4v) is 3.34. The summed E-state index contributed by atoms with van der Waals surface area (Å²) in [5.74, 6) is -0.0825. The standard InChI is InChI=1S/C23H29N3O3/c1-23(2,3)29-22(28)26-14-10-19(11-15-26)21(27)25-20-6-4-17(5-7-20)16-18-8-12-24-13-9-18/h4-9,12-13,19H,10-11,14-16H2,1-3H3,(H,25,27). The van der Waals surface area contributed by atoms with Crippen molar-refractivity contribution in [2.45, 2.75) is 45.6 Å². The third-order valence-electron chi connectivity index (χ3n) is 4.90. The number of hydrogen-bond acceptors (Lipinski definition) is 4. The van der Waals surface area contributed by atoms with Crippen LogP contribution in [0.4, 0.5) is 10.5 Å². The summed E-state index contributed by atoms with van der Waals surface area (Å²) >= 11 is 0. The van der Waals surface area contributed by atoms with Gasteiger partial charge in [0.1, 0.15) is 5.60 Å². The summed E-state index contributed by atoms with van der Waals surface area (Å²) in [7, 11) is 0. The second kappa shape index (κ2) is 9.07. The maximum Gasteiger partial charge on any atom is 0.410 e. The van der Waals surface area contributed by atoms with Crippen molar-refractivity contribution in [2.75, 3.05) is 18.4 Å². The Hall–Kier alpha value is -2.89. The molecule has 0 saturated carbocycles. The van der Waals surface area contributed by atoms with Crippen molar-refractivity contribution >= 4 is 17.7 Å². The quantitative estimate of drug-likeness (QED) is 0.840. The van der Waals surface area contributed by atoms with Crippen LogP contribution < -0.4 is 5.32 Å². The second-order valence-corrected chi connectivity index (χ2v) is 8.46. The van der Waals surface area contributed by atoms with Gasteiger partial charge in [0.25, 0.3) is 0 Å². The number of amides is 2. The monoisotopic (exact) mass is 395 g/mol. The Kier molecular flexibility index (Phi) is 6.52. The number of pyridine rings is 1. The number of piperidine rings is 1. The molecule has 1 aromatic heterocycles. The maximum absolute atomic E-state index is 12.6. The van der Waals surface area contributed by atoms with Gasteiger partial charge in [0.15, 0.2) is 0 Å². The Morgan fingerprint density at radius 1 is 1.03 bits per heavy atom. The molecule has 3 rings (SSSR count). The van der Waals surface area contributed by atoms with Gasteiger partial charge in [-0.3, -0.25) is 9.78 Å². The van der Waals surface area contributed by atoms with E-state index in [-0.39, 0.29) is 17.9 Å². The molecule has 0 spiro atoms. The van der Waals surface area contributed by atoms with Crippen LogP contribution in [0.2, 0.25) is 0 Å². The molecule has 0 atom stereocenters. The van der Waals surface area contributed by atoms with Gasteiger partial charge in [-0.2, -0.15) is 0 Å². The maximum atomic E-state index is 12.6. The van der Waals surface area contributed by atoms with Gasteiger partial charge in [-0.1, -0.05) is 12.1 Å². The fourth-order valence-electron chi connectivity index (χ4n) is 3.34. The van der Waals surface area contributed by atoms with Gasteiger partial charge >= 0.3 is 6.09 Å². The summed E-state index contributed by atoms with van der Waals surface area (Å²) in [5, 5.41) is 3.00. The molecule has 1 saturated heterocycles. The van der Waals surface area contributed by atoms with Crippen molar-refractivity contribution in [3.05, 3.63) is 59.9 Å². The molecule has 0 aliphatic carbocycles. The number of rotatable bonds is 4. The molecule has 2 aromatic rings. The Morgan fingerprint density at radius 3 is 2.21 bits per heavy atom. The third-order valence-corrected chi connectivity index (χ3v) is 4.90. The first kappa shape index (κ1) is 20.8. The van der Waals surface area contributed by atoms with E-state index in [1.165, 1.54) is 11.1 Å². The van der Waals surface area contributed by atoms with E-state index in [0.717, 1.165) is 12.1 Å². The lowest BCUT2D eigenvalue weighted by Crippen LogP contribution is -2.43. The van der Waals surface area contributed by atoms with E-state index in [9.17, 15) is 9.59 Å². The Morgan fingerprint density at radius 2 is 1.62 bits per heavy atom. The number of nitrogens with one attached hydrogen (secondary N) is 1. The highest BCUT2D eigenvalue weighted by atomic mass is 16.6. The van der Waals surface area contributed by atoms with Crippen LogP contribution in [-0.4, -0.2) is 40.6 Å². The van der Waals surface area contributed by atoms with Crippen molar-refractivity contribution in [3.8, 4) is 0 Å². The van der Waals surface area contributed by atoms with E-state index >= 15 is 0 Å². The summed E-state index contributed by atoms with van der Waals surface area (Å²) in [6, 6.07) is 11.9. The molecular weight excluding hydrogens is 366 g/mol. The molecule has 2 heterocycles. The van der Waals surface area contributed by atoms with Crippen LogP contribution in [0.15, 0.2) is 48.8 Å². The van der Waals surface area contributed by atoms with Crippen molar-refractivity contribution in [1.82, 2.24) is 9.88 Å². The lowest BCUT2D eigenvalue weighted by molar-refractivity contribution is -0.121. The zero-order valence-corrected chi connectivity index (χ0v) is 17.4. The number of hydrogen-bond donors (Lipinski definition) is 1. The van der Waals surface area contributed by atoms with Crippen LogP contribution in [0.3, 0.4) is 0 Å². The first-order valence-corrected chi connectivity index (χ1v) is 10.1. The number of carbonyl (C=O) groups excluding carboxylic acids is 2. The van der Waals surface area contributed by atoms with Gasteiger partial charge in [0.2, 0.25) is 5.91 Å². The normalized spacial score (nSPS) is 15.1. The number of likely N-dealkylation sites (tertiary alicyclic amines) is 1. The highest BCUT2D eigenvalue weighted by Crippen LogP contribution is 2.22. The molecule has 1 fully saturated rings. The zero-order valence-electron chi connectivity index (χ0n) is 17.4. The minimum atomic E-state index is -0.505. The summed E-state index contributed by atoms with van der Waals surface area (Å²) in [5.41, 5.74) is 2.67. The van der Waals surface area contributed by atoms with E-state index in [0.29, 0.717) is 25.9 Å². The minimum absolute atomic E-state index is 0.00993. The molecule has 1 aliphatic heterocycles. The van der Waals surface area contributed by atoms with Gasteiger partial charge in [0.05, 0.1) is 0 Å². The van der Waals surface area contributed by atoms with Crippen LogP contribution in [0.5, 0.6) is 0 Å². The zero-order chi connectivity index (χ0) is 20.9. The Balaban J connectivity index is 1.48. The number of benzene rings is 1. The first-order chi connectivity index (χ1) is 13.8. The van der Waals surface area contributed by atoms with Crippen molar-refractivity contribution in [1.29, 1.82) is 0 Å². The van der Waals surface area contributed by atoms with Gasteiger partial charge in [-0.05, 0) is 75.4 Å². The predicted molar refractivity (Wildman–Crippen MR) is 113 cm³/mol. The third kappa shape index (κ3) is 6.31. The van der Waals surface area contributed by atoms with Gasteiger partial charge in [-0.15, -0.1) is 0 Å². The van der Waals surface area contributed by atoms with Crippen LogP contribution in [0, 0.1) is 5.92 Å². The van der Waals surface area contributed by atoms with Crippen molar-refractivity contribution in [2.24, 2.45) is 5.92 Å². The minimum Gasteiger partial charge on any atom is -0.444 e. The number of aromatic nitrogens is 1. The largest absolute Gasteiger partial charge is 0.444 e. The van der Waals surface area contributed by atoms with Crippen molar-refractivity contribution < 1.29 is 14.3 Å². The number of carbonyl (C=O) groups is 2. The number of ether oxygens (including phenoxy) is 1. The Labute approximate surface area is 172 Å². The summed E-state index contributed by atoms with van der Waals surface area (Å²) in [6.07, 6.45) is 5.40. The van der Waals surface area contributed by atoms with Crippen LogP contribution in [0.25, 0.3) is 0 Å². The molecular formula is C23H29N3O3. The Bertz CT molecular complexity index is 821. The lowest BCUT2D eigenvalue weighted by atomic mass is 9.96. The predicted octanol–water partition coefficient (Wildman–Crippen LogP) is 4.26. The van der Waals surface area contributed by atoms with E-state index in [2.05, 4.69) is 10.3 Å². The number of anilines is 1.